The molecule has 137 heavy (non-hydrogen) atoms. The monoisotopic (exact) mass is 1790 g/mol. The highest BCUT2D eigenvalue weighted by molar-refractivity contribution is 6.26. The molecule has 0 N–H and O–H groups in total. The van der Waals surface area contributed by atoms with E-state index in [2.05, 4.69) is 448 Å². The highest BCUT2D eigenvalue weighted by atomic mass is 16.3. The van der Waals surface area contributed by atoms with Gasteiger partial charge in [0.15, 0.2) is 5.58 Å². The van der Waals surface area contributed by atoms with Gasteiger partial charge in [-0.1, -0.05) is 418 Å². The second-order valence-electron chi connectivity index (χ2n) is 44.9. The normalized spacial score (nSPS) is 14.8. The van der Waals surface area contributed by atoms with Crippen LogP contribution in [-0.4, -0.2) is 0 Å². The topological polar surface area (TPSA) is 32.8 Å². The highest BCUT2D eigenvalue weighted by Crippen LogP contribution is 2.69. The minimum atomic E-state index is -0.972. The molecule has 18 aromatic rings. The number of unbranched alkanes of at least 4 members (excludes halogenated alkanes) is 10. The molecule has 16 aromatic carbocycles. The Balaban J connectivity index is 0.665. The van der Waals surface area contributed by atoms with Crippen LogP contribution in [-0.2, 0) is 37.9 Å². The van der Waals surface area contributed by atoms with E-state index in [0.717, 1.165) is 106 Å². The van der Waals surface area contributed by atoms with Crippen LogP contribution in [0.4, 0.5) is 34.1 Å². The number of hydrogen-bond acceptors (Lipinski definition) is 4. The standard InChI is InChI=1S/C133H130N2O2/c1-17-19-21-23-25-35-77-132(78-36-26-24-22-20-18-2)109-41-31-27-37-101(109)105-75-56-92(81-113(105)132)91-55-74-104-103-73-53-89(79-111(103)131(15,16)112(104)80-91)87-49-45-85(46-50-87)86-47-51-88(52-48-86)90-54-76-106-102-38-28-32-42-110(102)133(114(106)82-90)115-84-118(135(99-69-61-95(62-70-99)129(9,10)11)100-71-63-96(64-72-100)130(12,13)14)125-122(108-40-30-34-44-120(108)136-125)123(115)124-116(133)83-117(121-107-39-29-33-43-119(107)137-126(121)124)134(97-65-57-93(58-66-97)127(3,4)5)98-67-59-94(60-68-98)128(6,7)8/h27-34,37-76,79-84H,17-26,35-36,77-78H2,1-16H3. The van der Waals surface area contributed by atoms with Crippen molar-refractivity contribution in [1.29, 1.82) is 0 Å². The molecule has 2 heterocycles. The summed E-state index contributed by atoms with van der Waals surface area (Å²) in [6.45, 7) is 37.2. The molecule has 0 radical (unpaired) electrons. The third-order valence-electron chi connectivity index (χ3n) is 31.8. The minimum Gasteiger partial charge on any atom is -0.455 e. The molecule has 2 aromatic heterocycles. The summed E-state index contributed by atoms with van der Waals surface area (Å²) < 4.78 is 15.5. The lowest BCUT2D eigenvalue weighted by molar-refractivity contribution is 0.398. The van der Waals surface area contributed by atoms with Gasteiger partial charge in [0.1, 0.15) is 16.7 Å². The lowest BCUT2D eigenvalue weighted by atomic mass is 9.69. The summed E-state index contributed by atoms with van der Waals surface area (Å²) in [5.74, 6) is 0. The summed E-state index contributed by atoms with van der Waals surface area (Å²) in [6.07, 6.45) is 18.2. The van der Waals surface area contributed by atoms with Crippen LogP contribution in [0.2, 0.25) is 0 Å². The summed E-state index contributed by atoms with van der Waals surface area (Å²) in [7, 11) is 0. The Bertz CT molecular complexity index is 7560. The minimum absolute atomic E-state index is 0.0319. The quantitative estimate of drug-likeness (QED) is 0.0565. The van der Waals surface area contributed by atoms with Crippen LogP contribution in [0.25, 0.3) is 133 Å². The first-order valence-corrected chi connectivity index (χ1v) is 51.1. The van der Waals surface area contributed by atoms with Crippen LogP contribution in [0, 0.1) is 0 Å². The molecule has 1 unspecified atom stereocenters. The van der Waals surface area contributed by atoms with E-state index in [1.165, 1.54) is 207 Å². The van der Waals surface area contributed by atoms with Crippen molar-refractivity contribution in [2.75, 3.05) is 9.80 Å². The van der Waals surface area contributed by atoms with Gasteiger partial charge in [0, 0.05) is 60.9 Å². The van der Waals surface area contributed by atoms with Crippen molar-refractivity contribution in [2.45, 2.75) is 239 Å². The van der Waals surface area contributed by atoms with Crippen LogP contribution < -0.4 is 9.80 Å². The molecule has 0 bridgehead atoms. The van der Waals surface area contributed by atoms with Crippen molar-refractivity contribution in [1.82, 2.24) is 0 Å². The lowest BCUT2D eigenvalue weighted by Gasteiger charge is -2.34. The van der Waals surface area contributed by atoms with Gasteiger partial charge < -0.3 is 18.6 Å². The predicted molar refractivity (Wildman–Crippen MR) is 583 cm³/mol. The van der Waals surface area contributed by atoms with Crippen LogP contribution in [0.15, 0.2) is 336 Å². The maximum atomic E-state index is 7.85. The Kier molecular flexibility index (Phi) is 22.2. The lowest BCUT2D eigenvalue weighted by Crippen LogP contribution is -2.27. The van der Waals surface area contributed by atoms with E-state index in [9.17, 15) is 0 Å². The van der Waals surface area contributed by atoms with Gasteiger partial charge in [0.2, 0.25) is 0 Å². The molecule has 4 heteroatoms. The third kappa shape index (κ3) is 15.1. The number of fused-ring (bicyclic) bond motifs is 24. The first-order valence-electron chi connectivity index (χ1n) is 51.1. The maximum absolute atomic E-state index is 7.85. The maximum Gasteiger partial charge on any atom is 0.160 e. The number of rotatable bonds is 24. The predicted octanol–water partition coefficient (Wildman–Crippen LogP) is 38.7. The summed E-state index contributed by atoms with van der Waals surface area (Å²) in [4.78, 5) is 5.00. The molecular weight excluding hydrogens is 1660 g/mol. The molecular formula is C133H130N2O2. The number of para-hydroxylation sites is 2. The number of nitrogens with zero attached hydrogens (tertiary/aromatic N) is 2. The van der Waals surface area contributed by atoms with Crippen LogP contribution in [0.3, 0.4) is 0 Å². The van der Waals surface area contributed by atoms with Crippen molar-refractivity contribution in [2.24, 2.45) is 0 Å². The van der Waals surface area contributed by atoms with Gasteiger partial charge >= 0.3 is 0 Å². The summed E-state index contributed by atoms with van der Waals surface area (Å²) in [6, 6.07) is 127. The second kappa shape index (κ2) is 34.2. The smallest absolute Gasteiger partial charge is 0.160 e. The van der Waals surface area contributed by atoms with E-state index >= 15 is 0 Å². The van der Waals surface area contributed by atoms with Gasteiger partial charge in [-0.05, 0) is 276 Å². The first kappa shape index (κ1) is 89.0. The zero-order valence-electron chi connectivity index (χ0n) is 83.3. The Hall–Kier alpha value is -13.3. The number of furan rings is 2. The van der Waals surface area contributed by atoms with Gasteiger partial charge in [0.25, 0.3) is 0 Å². The molecule has 22 rings (SSSR count). The Morgan fingerprint density at radius 1 is 0.248 bits per heavy atom. The zero-order valence-corrected chi connectivity index (χ0v) is 83.3. The molecule has 0 saturated carbocycles. The molecule has 0 fully saturated rings. The summed E-state index contributed by atoms with van der Waals surface area (Å²) in [5.41, 5.74) is 43.7. The fourth-order valence-corrected chi connectivity index (χ4v) is 24.2. The first-order chi connectivity index (χ1) is 66.1. The highest BCUT2D eigenvalue weighted by Gasteiger charge is 2.56. The van der Waals surface area contributed by atoms with Crippen LogP contribution >= 0.6 is 0 Å². The Morgan fingerprint density at radius 3 is 1.01 bits per heavy atom. The molecule has 4 aliphatic carbocycles. The van der Waals surface area contributed by atoms with E-state index in [4.69, 9.17) is 8.83 Å². The van der Waals surface area contributed by atoms with E-state index in [1.807, 2.05) is 0 Å². The van der Waals surface area contributed by atoms with Gasteiger partial charge in [-0.3, -0.25) is 0 Å². The average Bonchev–Trinajstić information content (AvgIpc) is 1.48. The molecule has 0 amide bonds. The Morgan fingerprint density at radius 2 is 0.562 bits per heavy atom. The third-order valence-corrected chi connectivity index (χ3v) is 31.8. The second-order valence-corrected chi connectivity index (χ2v) is 44.9. The molecule has 1 spiro atoms. The number of benzene rings is 16. The van der Waals surface area contributed by atoms with E-state index in [1.54, 1.807) is 11.1 Å². The summed E-state index contributed by atoms with van der Waals surface area (Å²) >= 11 is 0. The van der Waals surface area contributed by atoms with Crippen LogP contribution in [0.5, 0.6) is 0 Å². The molecule has 1 atom stereocenters. The largest absolute Gasteiger partial charge is 0.455 e. The molecule has 0 aliphatic heterocycles. The SMILES string of the molecule is CCCCCCCCC1(CCCCCCCC)c2ccccc2-c2ccc(-c3ccc4c(c3)C(C)(C)c3cc(-c5ccc(-c6ccc(-c7ccc8c(c7)C7(c9ccccc9-8)c8cc(N(c9ccc(C(C)(C)C)cc9)c9ccc(C(C)(C)C)cc9)c9c(oc%10ccccc%109)c8-c8c7cc(N(c7ccc(C(C)(C)C)cc7)c7ccc(C(C)(C)C)cc7)c7oc9ccccc9c87)cc6)cc5)ccc3-4)cc21. The number of hydrogen-bond donors (Lipinski definition) is 0. The van der Waals surface area contributed by atoms with Crippen molar-refractivity contribution in [3.8, 4) is 89.0 Å². The van der Waals surface area contributed by atoms with E-state index in [-0.39, 0.29) is 32.5 Å². The molecule has 4 nitrogen and oxygen atoms in total. The molecule has 0 saturated heterocycles. The molecule has 4 aliphatic rings. The van der Waals surface area contributed by atoms with Crippen molar-refractivity contribution in [3.63, 3.8) is 0 Å². The molecule has 684 valence electrons. The van der Waals surface area contributed by atoms with Gasteiger partial charge in [-0.15, -0.1) is 0 Å². The zero-order chi connectivity index (χ0) is 94.4. The fourth-order valence-electron chi connectivity index (χ4n) is 24.2. The summed E-state index contributed by atoms with van der Waals surface area (Å²) in [5, 5.41) is 4.19. The van der Waals surface area contributed by atoms with Crippen LogP contribution in [0.1, 0.15) is 267 Å². The van der Waals surface area contributed by atoms with Gasteiger partial charge in [0.05, 0.1) is 22.2 Å². The fraction of sp³-hybridized carbons (Fsp3) is 0.278. The van der Waals surface area contributed by atoms with Crippen molar-refractivity contribution < 1.29 is 8.83 Å². The number of anilines is 6. The van der Waals surface area contributed by atoms with Gasteiger partial charge in [-0.2, -0.15) is 0 Å². The van der Waals surface area contributed by atoms with Gasteiger partial charge in [-0.25, -0.2) is 0 Å². The van der Waals surface area contributed by atoms with Crippen molar-refractivity contribution >= 4 is 78.0 Å². The van der Waals surface area contributed by atoms with E-state index < -0.39 is 5.41 Å². The Labute approximate surface area is 812 Å². The average molecular weight is 1790 g/mol. The van der Waals surface area contributed by atoms with Crippen molar-refractivity contribution in [3.05, 3.63) is 394 Å². The van der Waals surface area contributed by atoms with E-state index in [0.29, 0.717) is 0 Å².